The number of rotatable bonds is 3. The predicted molar refractivity (Wildman–Crippen MR) is 86.4 cm³/mol. The van der Waals surface area contributed by atoms with E-state index in [0.717, 1.165) is 17.5 Å². The van der Waals surface area contributed by atoms with Crippen molar-refractivity contribution in [3.63, 3.8) is 0 Å². The Bertz CT molecular complexity index is 618. The van der Waals surface area contributed by atoms with Gasteiger partial charge < -0.3 is 0 Å². The molecule has 1 aromatic heterocycles. The molecule has 3 rings (SSSR count). The van der Waals surface area contributed by atoms with E-state index < -0.39 is 0 Å². The number of nitrogens with zero attached hydrogens (tertiary/aromatic N) is 2. The predicted octanol–water partition coefficient (Wildman–Crippen LogP) is 3.15. The molecule has 0 amide bonds. The minimum atomic E-state index is 0.144. The maximum atomic E-state index is 5.92. The molecule has 4 unspecified atom stereocenters. The lowest BCUT2D eigenvalue weighted by Gasteiger charge is -2.36. The maximum absolute atomic E-state index is 5.92. The van der Waals surface area contributed by atoms with E-state index in [1.807, 2.05) is 11.7 Å². The van der Waals surface area contributed by atoms with Crippen molar-refractivity contribution in [1.82, 2.24) is 15.2 Å². The average Bonchev–Trinajstić information content (AvgIpc) is 2.82. The van der Waals surface area contributed by atoms with E-state index in [2.05, 4.69) is 43.5 Å². The number of hydrogen-bond donors (Lipinski definition) is 2. The third-order valence-electron chi connectivity index (χ3n) is 5.37. The van der Waals surface area contributed by atoms with Crippen molar-refractivity contribution in [2.24, 2.45) is 30.6 Å². The highest BCUT2D eigenvalue weighted by atomic mass is 15.3. The monoisotopic (exact) mass is 286 g/mol. The Hall–Kier alpha value is -1.39. The molecule has 21 heavy (non-hydrogen) atoms. The van der Waals surface area contributed by atoms with E-state index >= 15 is 0 Å². The lowest BCUT2D eigenvalue weighted by atomic mass is 9.72. The number of benzene rings is 1. The van der Waals surface area contributed by atoms with Gasteiger partial charge in [0.15, 0.2) is 0 Å². The number of aryl methyl sites for hydroxylation is 1. The van der Waals surface area contributed by atoms with Gasteiger partial charge in [-0.25, -0.2) is 0 Å². The van der Waals surface area contributed by atoms with Crippen molar-refractivity contribution in [2.75, 3.05) is 0 Å². The number of para-hydroxylation sites is 1. The van der Waals surface area contributed by atoms with Crippen LogP contribution < -0.4 is 11.3 Å². The zero-order valence-electron chi connectivity index (χ0n) is 13.2. The second-order valence-corrected chi connectivity index (χ2v) is 6.70. The Balaban J connectivity index is 1.95. The van der Waals surface area contributed by atoms with Crippen LogP contribution in [0, 0.1) is 17.8 Å². The Labute approximate surface area is 126 Å². The van der Waals surface area contributed by atoms with Gasteiger partial charge in [0.1, 0.15) is 0 Å². The number of hydrogen-bond acceptors (Lipinski definition) is 3. The highest BCUT2D eigenvalue weighted by molar-refractivity contribution is 5.82. The van der Waals surface area contributed by atoms with Gasteiger partial charge in [-0.2, -0.15) is 5.10 Å². The van der Waals surface area contributed by atoms with E-state index in [1.165, 1.54) is 30.2 Å². The largest absolute Gasteiger partial charge is 0.271 e. The molecule has 1 aromatic carbocycles. The zero-order chi connectivity index (χ0) is 15.0. The Morgan fingerprint density at radius 2 is 2.00 bits per heavy atom. The summed E-state index contributed by atoms with van der Waals surface area (Å²) in [5, 5.41) is 5.97. The van der Waals surface area contributed by atoms with Crippen LogP contribution >= 0.6 is 0 Å². The first-order chi connectivity index (χ1) is 10.1. The molecule has 0 bridgehead atoms. The number of hydrazine groups is 1. The number of fused-ring (bicyclic) bond motifs is 1. The first-order valence-electron chi connectivity index (χ1n) is 7.99. The van der Waals surface area contributed by atoms with Crippen LogP contribution in [0.15, 0.2) is 24.3 Å². The molecular formula is C17H26N4. The SMILES string of the molecule is CC1CCC(C(NN)c2nn(C)c3ccccc23)CC1C. The van der Waals surface area contributed by atoms with Crippen LogP contribution in [-0.2, 0) is 7.05 Å². The van der Waals surface area contributed by atoms with Gasteiger partial charge in [0.2, 0.25) is 0 Å². The smallest absolute Gasteiger partial charge is 0.0888 e. The van der Waals surface area contributed by atoms with Gasteiger partial charge in [0.25, 0.3) is 0 Å². The minimum absolute atomic E-state index is 0.144. The normalized spacial score (nSPS) is 27.9. The fourth-order valence-corrected chi connectivity index (χ4v) is 3.80. The first kappa shape index (κ1) is 14.5. The number of aromatic nitrogens is 2. The Morgan fingerprint density at radius 3 is 2.71 bits per heavy atom. The summed E-state index contributed by atoms with van der Waals surface area (Å²) in [6.45, 7) is 4.73. The summed E-state index contributed by atoms with van der Waals surface area (Å²) in [4.78, 5) is 0. The molecule has 3 N–H and O–H groups in total. The van der Waals surface area contributed by atoms with Gasteiger partial charge in [-0.3, -0.25) is 16.0 Å². The Kier molecular flexibility index (Phi) is 4.00. The van der Waals surface area contributed by atoms with Crippen LogP contribution in [0.2, 0.25) is 0 Å². The molecular weight excluding hydrogens is 260 g/mol. The molecule has 4 heteroatoms. The van der Waals surface area contributed by atoms with Gasteiger partial charge in [0.05, 0.1) is 17.3 Å². The average molecular weight is 286 g/mol. The molecule has 0 aliphatic heterocycles. The van der Waals surface area contributed by atoms with Crippen LogP contribution in [0.3, 0.4) is 0 Å². The summed E-state index contributed by atoms with van der Waals surface area (Å²) in [6.07, 6.45) is 3.74. The number of nitrogens with one attached hydrogen (secondary N) is 1. The number of nitrogens with two attached hydrogens (primary N) is 1. The van der Waals surface area contributed by atoms with Crippen LogP contribution in [0.4, 0.5) is 0 Å². The van der Waals surface area contributed by atoms with Crippen molar-refractivity contribution in [3.05, 3.63) is 30.0 Å². The van der Waals surface area contributed by atoms with Crippen molar-refractivity contribution in [2.45, 2.75) is 39.2 Å². The van der Waals surface area contributed by atoms with E-state index in [9.17, 15) is 0 Å². The molecule has 2 aromatic rings. The van der Waals surface area contributed by atoms with Crippen molar-refractivity contribution in [1.29, 1.82) is 0 Å². The molecule has 4 nitrogen and oxygen atoms in total. The molecule has 1 aliphatic rings. The lowest BCUT2D eigenvalue weighted by Crippen LogP contribution is -2.37. The van der Waals surface area contributed by atoms with Crippen LogP contribution in [0.1, 0.15) is 44.8 Å². The van der Waals surface area contributed by atoms with Crippen LogP contribution in [0.25, 0.3) is 10.9 Å². The molecule has 1 saturated carbocycles. The van der Waals surface area contributed by atoms with Gasteiger partial charge in [-0.15, -0.1) is 0 Å². The first-order valence-corrected chi connectivity index (χ1v) is 7.99. The van der Waals surface area contributed by atoms with E-state index in [1.54, 1.807) is 0 Å². The van der Waals surface area contributed by atoms with Gasteiger partial charge in [-0.1, -0.05) is 38.5 Å². The van der Waals surface area contributed by atoms with Gasteiger partial charge >= 0.3 is 0 Å². The lowest BCUT2D eigenvalue weighted by molar-refractivity contribution is 0.170. The standard InChI is InChI=1S/C17H26N4/c1-11-8-9-13(10-12(11)2)16(19-18)17-14-6-4-5-7-15(14)21(3)20-17/h4-7,11-13,16,19H,8-10,18H2,1-3H3. The fraction of sp³-hybridized carbons (Fsp3) is 0.588. The zero-order valence-corrected chi connectivity index (χ0v) is 13.2. The summed E-state index contributed by atoms with van der Waals surface area (Å²) >= 11 is 0. The van der Waals surface area contributed by atoms with E-state index in [-0.39, 0.29) is 6.04 Å². The summed E-state index contributed by atoms with van der Waals surface area (Å²) in [6, 6.07) is 8.54. The molecule has 1 heterocycles. The van der Waals surface area contributed by atoms with Gasteiger partial charge in [-0.05, 0) is 36.7 Å². The fourth-order valence-electron chi connectivity index (χ4n) is 3.80. The summed E-state index contributed by atoms with van der Waals surface area (Å²) in [5.74, 6) is 8.06. The van der Waals surface area contributed by atoms with E-state index in [4.69, 9.17) is 10.9 Å². The van der Waals surface area contributed by atoms with E-state index in [0.29, 0.717) is 5.92 Å². The third kappa shape index (κ3) is 2.58. The maximum Gasteiger partial charge on any atom is 0.0888 e. The highest BCUT2D eigenvalue weighted by Gasteiger charge is 2.32. The molecule has 4 atom stereocenters. The molecule has 0 radical (unpaired) electrons. The molecule has 114 valence electrons. The van der Waals surface area contributed by atoms with Crippen molar-refractivity contribution >= 4 is 10.9 Å². The van der Waals surface area contributed by atoms with Crippen molar-refractivity contribution in [3.8, 4) is 0 Å². The minimum Gasteiger partial charge on any atom is -0.271 e. The summed E-state index contributed by atoms with van der Waals surface area (Å²) < 4.78 is 1.96. The van der Waals surface area contributed by atoms with Crippen LogP contribution in [-0.4, -0.2) is 9.78 Å². The molecule has 0 spiro atoms. The third-order valence-corrected chi connectivity index (χ3v) is 5.37. The van der Waals surface area contributed by atoms with Crippen LogP contribution in [0.5, 0.6) is 0 Å². The topological polar surface area (TPSA) is 55.9 Å². The highest BCUT2D eigenvalue weighted by Crippen LogP contribution is 2.40. The van der Waals surface area contributed by atoms with Gasteiger partial charge in [0, 0.05) is 12.4 Å². The quantitative estimate of drug-likeness (QED) is 0.673. The Morgan fingerprint density at radius 1 is 1.24 bits per heavy atom. The summed E-state index contributed by atoms with van der Waals surface area (Å²) in [7, 11) is 2.00. The molecule has 0 saturated heterocycles. The second kappa shape index (κ2) is 5.78. The molecule has 1 fully saturated rings. The second-order valence-electron chi connectivity index (χ2n) is 6.70. The van der Waals surface area contributed by atoms with Crippen molar-refractivity contribution < 1.29 is 0 Å². The molecule has 1 aliphatic carbocycles. The summed E-state index contributed by atoms with van der Waals surface area (Å²) in [5.41, 5.74) is 5.32.